The van der Waals surface area contributed by atoms with E-state index in [1.165, 1.54) is 11.2 Å². The van der Waals surface area contributed by atoms with E-state index in [1.807, 2.05) is 24.4 Å². The summed E-state index contributed by atoms with van der Waals surface area (Å²) in [6, 6.07) is 5.66. The Hall–Kier alpha value is -1.97. The highest BCUT2D eigenvalue weighted by atomic mass is 35.5. The molecule has 4 heterocycles. The van der Waals surface area contributed by atoms with E-state index in [4.69, 9.17) is 11.6 Å². The third-order valence-electron chi connectivity index (χ3n) is 4.49. The van der Waals surface area contributed by atoms with Crippen LogP contribution in [0.5, 0.6) is 0 Å². The lowest BCUT2D eigenvalue weighted by molar-refractivity contribution is 0.0793. The maximum atomic E-state index is 12.7. The Bertz CT molecular complexity index is 1110. The number of halogens is 1. The van der Waals surface area contributed by atoms with Gasteiger partial charge in [-0.3, -0.25) is 4.79 Å². The largest absolute Gasteiger partial charge is 0.335 e. The second-order valence-corrected chi connectivity index (χ2v) is 10.1. The number of carbonyl (C=O) groups excluding carboxylic acids is 1. The van der Waals surface area contributed by atoms with E-state index < -0.39 is 15.1 Å². The number of pyridine rings is 1. The molecular weight excluding hydrogens is 396 g/mol. The van der Waals surface area contributed by atoms with E-state index in [0.717, 1.165) is 22.4 Å². The molecule has 0 radical (unpaired) electrons. The fraction of sp³-hybridized carbons (Fsp3) is 0.312. The first-order valence-corrected chi connectivity index (χ1v) is 11.1. The van der Waals surface area contributed by atoms with Crippen LogP contribution >= 0.6 is 22.9 Å². The van der Waals surface area contributed by atoms with Gasteiger partial charge in [-0.25, -0.2) is 17.9 Å². The van der Waals surface area contributed by atoms with Gasteiger partial charge in [0, 0.05) is 31.1 Å². The molecule has 1 aliphatic rings. The summed E-state index contributed by atoms with van der Waals surface area (Å²) in [5.41, 5.74) is 2.11. The van der Waals surface area contributed by atoms with Crippen molar-refractivity contribution < 1.29 is 13.2 Å². The maximum Gasteiger partial charge on any atom is 0.282 e. The molecule has 1 amide bonds. The molecule has 26 heavy (non-hydrogen) atoms. The zero-order valence-corrected chi connectivity index (χ0v) is 16.2. The fourth-order valence-corrected chi connectivity index (χ4v) is 5.20. The van der Waals surface area contributed by atoms with Crippen LogP contribution in [0.4, 0.5) is 0 Å². The van der Waals surface area contributed by atoms with E-state index in [2.05, 4.69) is 10.1 Å². The van der Waals surface area contributed by atoms with Crippen LogP contribution in [-0.4, -0.2) is 58.4 Å². The van der Waals surface area contributed by atoms with Gasteiger partial charge in [-0.15, -0.1) is 0 Å². The molecule has 10 heteroatoms. The Morgan fingerprint density at radius 2 is 2.19 bits per heavy atom. The zero-order valence-electron chi connectivity index (χ0n) is 13.8. The van der Waals surface area contributed by atoms with Gasteiger partial charge in [0.1, 0.15) is 10.0 Å². The summed E-state index contributed by atoms with van der Waals surface area (Å²) < 4.78 is 25.5. The van der Waals surface area contributed by atoms with Gasteiger partial charge >= 0.3 is 0 Å². The number of nitrogens with zero attached hydrogens (tertiary/aromatic N) is 4. The summed E-state index contributed by atoms with van der Waals surface area (Å²) in [5, 5.41) is 4.01. The molecule has 1 aliphatic heterocycles. The molecule has 1 atom stereocenters. The number of rotatable bonds is 3. The average Bonchev–Trinajstić information content (AvgIpc) is 3.31. The molecule has 1 unspecified atom stereocenters. The Labute approximate surface area is 159 Å². The van der Waals surface area contributed by atoms with Crippen LogP contribution in [-0.2, 0) is 9.84 Å². The zero-order chi connectivity index (χ0) is 18.5. The highest BCUT2D eigenvalue weighted by Crippen LogP contribution is 2.35. The van der Waals surface area contributed by atoms with Crippen molar-refractivity contribution in [2.75, 3.05) is 19.3 Å². The number of hydrogen-bond acceptors (Lipinski definition) is 6. The van der Waals surface area contributed by atoms with Crippen LogP contribution in [0.2, 0.25) is 4.34 Å². The SMILES string of the molecule is CS(=O)(=O)C1CCN(C(=O)c2nc(-c3cnn4ccccc34)c(Cl)s2)C1. The van der Waals surface area contributed by atoms with E-state index >= 15 is 0 Å². The molecule has 3 aromatic heterocycles. The van der Waals surface area contributed by atoms with Crippen LogP contribution in [0.1, 0.15) is 16.2 Å². The van der Waals surface area contributed by atoms with Gasteiger partial charge < -0.3 is 4.90 Å². The topological polar surface area (TPSA) is 84.6 Å². The molecule has 0 saturated carbocycles. The Morgan fingerprint density at radius 3 is 2.92 bits per heavy atom. The van der Waals surface area contributed by atoms with E-state index in [-0.39, 0.29) is 17.5 Å². The summed E-state index contributed by atoms with van der Waals surface area (Å²) in [7, 11) is -3.16. The Balaban J connectivity index is 1.64. The predicted octanol–water partition coefficient (Wildman–Crippen LogP) is 2.37. The number of aromatic nitrogens is 3. The van der Waals surface area contributed by atoms with Crippen molar-refractivity contribution in [1.82, 2.24) is 19.5 Å². The molecule has 3 aromatic rings. The standard InChI is InChI=1S/C16H15ClN4O3S2/c1-26(23,24)10-5-7-20(9-10)16(22)15-19-13(14(17)25-15)11-8-18-21-6-3-2-4-12(11)21/h2-4,6,8,10H,5,7,9H2,1H3. The van der Waals surface area contributed by atoms with Gasteiger partial charge in [0.15, 0.2) is 14.8 Å². The highest BCUT2D eigenvalue weighted by Gasteiger charge is 2.34. The van der Waals surface area contributed by atoms with Crippen molar-refractivity contribution in [3.05, 3.63) is 39.9 Å². The van der Waals surface area contributed by atoms with Crippen LogP contribution in [0.15, 0.2) is 30.6 Å². The van der Waals surface area contributed by atoms with E-state index in [1.54, 1.807) is 10.7 Å². The molecular formula is C16H15ClN4O3S2. The first kappa shape index (κ1) is 17.4. The lowest BCUT2D eigenvalue weighted by Gasteiger charge is -2.14. The summed E-state index contributed by atoms with van der Waals surface area (Å²) >= 11 is 7.44. The number of amides is 1. The van der Waals surface area contributed by atoms with Crippen molar-refractivity contribution in [1.29, 1.82) is 0 Å². The highest BCUT2D eigenvalue weighted by molar-refractivity contribution is 7.91. The van der Waals surface area contributed by atoms with Crippen molar-refractivity contribution in [3.8, 4) is 11.3 Å². The number of carbonyl (C=O) groups is 1. The van der Waals surface area contributed by atoms with Crippen molar-refractivity contribution in [2.45, 2.75) is 11.7 Å². The van der Waals surface area contributed by atoms with Gasteiger partial charge in [-0.05, 0) is 18.6 Å². The van der Waals surface area contributed by atoms with Gasteiger partial charge in [0.05, 0.1) is 17.0 Å². The van der Waals surface area contributed by atoms with Crippen LogP contribution in [0.25, 0.3) is 16.8 Å². The molecule has 1 fully saturated rings. The summed E-state index contributed by atoms with van der Waals surface area (Å²) in [6.45, 7) is 0.598. The number of thiazole rings is 1. The average molecular weight is 411 g/mol. The lowest BCUT2D eigenvalue weighted by Crippen LogP contribution is -2.31. The van der Waals surface area contributed by atoms with Gasteiger partial charge in [-0.1, -0.05) is 29.0 Å². The first-order chi connectivity index (χ1) is 12.3. The maximum absolute atomic E-state index is 12.7. The second kappa shape index (κ2) is 6.33. The number of sulfone groups is 1. The third kappa shape index (κ3) is 3.00. The Kier molecular flexibility index (Phi) is 4.25. The monoisotopic (exact) mass is 410 g/mol. The quantitative estimate of drug-likeness (QED) is 0.661. The van der Waals surface area contributed by atoms with Gasteiger partial charge in [-0.2, -0.15) is 5.10 Å². The Morgan fingerprint density at radius 1 is 1.38 bits per heavy atom. The fourth-order valence-electron chi connectivity index (χ4n) is 3.07. The second-order valence-electron chi connectivity index (χ2n) is 6.22. The molecule has 0 spiro atoms. The van der Waals surface area contributed by atoms with Crippen LogP contribution in [0.3, 0.4) is 0 Å². The van der Waals surface area contributed by atoms with Crippen molar-refractivity contribution in [3.63, 3.8) is 0 Å². The molecule has 1 saturated heterocycles. The predicted molar refractivity (Wildman–Crippen MR) is 100 cm³/mol. The molecule has 0 aromatic carbocycles. The van der Waals surface area contributed by atoms with Crippen LogP contribution < -0.4 is 0 Å². The molecule has 0 bridgehead atoms. The minimum Gasteiger partial charge on any atom is -0.335 e. The molecule has 4 rings (SSSR count). The minimum absolute atomic E-state index is 0.195. The van der Waals surface area contributed by atoms with E-state index in [0.29, 0.717) is 23.0 Å². The smallest absolute Gasteiger partial charge is 0.282 e. The first-order valence-electron chi connectivity index (χ1n) is 7.92. The molecule has 7 nitrogen and oxygen atoms in total. The summed E-state index contributed by atoms with van der Waals surface area (Å²) in [5.74, 6) is -0.286. The molecule has 0 N–H and O–H groups in total. The normalized spacial score (nSPS) is 17.9. The minimum atomic E-state index is -3.16. The molecule has 0 aliphatic carbocycles. The van der Waals surface area contributed by atoms with E-state index in [9.17, 15) is 13.2 Å². The third-order valence-corrected chi connectivity index (χ3v) is 7.33. The van der Waals surface area contributed by atoms with Crippen LogP contribution in [0, 0.1) is 0 Å². The number of fused-ring (bicyclic) bond motifs is 1. The summed E-state index contributed by atoms with van der Waals surface area (Å²) in [4.78, 5) is 18.7. The van der Waals surface area contributed by atoms with Crippen molar-refractivity contribution >= 4 is 44.2 Å². The van der Waals surface area contributed by atoms with Gasteiger partial charge in [0.25, 0.3) is 5.91 Å². The lowest BCUT2D eigenvalue weighted by atomic mass is 10.2. The van der Waals surface area contributed by atoms with Gasteiger partial charge in [0.2, 0.25) is 0 Å². The molecule has 136 valence electrons. The number of likely N-dealkylation sites (tertiary alicyclic amines) is 1. The number of hydrogen-bond donors (Lipinski definition) is 0. The van der Waals surface area contributed by atoms with Crippen molar-refractivity contribution in [2.24, 2.45) is 0 Å². The summed E-state index contributed by atoms with van der Waals surface area (Å²) in [6.07, 6.45) is 5.14.